The molecule has 7 heteroatoms. The first kappa shape index (κ1) is 24.0. The van der Waals surface area contributed by atoms with E-state index >= 15 is 0 Å². The summed E-state index contributed by atoms with van der Waals surface area (Å²) in [5, 5.41) is 2.77. The second-order valence-corrected chi connectivity index (χ2v) is 10.5. The van der Waals surface area contributed by atoms with E-state index in [1.54, 1.807) is 30.3 Å². The number of amides is 4. The molecule has 2 aromatic carbocycles. The molecular formula is C27H30ClN3O3. The van der Waals surface area contributed by atoms with E-state index in [2.05, 4.69) is 57.0 Å². The number of imide groups is 2. The summed E-state index contributed by atoms with van der Waals surface area (Å²) in [6, 6.07) is 10.1. The number of aryl methyl sites for hydroxylation is 1. The molecule has 0 saturated carbocycles. The van der Waals surface area contributed by atoms with E-state index in [9.17, 15) is 14.4 Å². The SMILES string of the molecule is Cc1cc2c(cc1/C=C1\C(=O)NC(=O)N(c3ccc(Cl)cc3)C1=O)[C@H](C)CC(C)(C)N2C(C)C. The van der Waals surface area contributed by atoms with Gasteiger partial charge in [0.25, 0.3) is 11.8 Å². The number of carbonyl (C=O) groups is 3. The lowest BCUT2D eigenvalue weighted by molar-refractivity contribution is -0.122. The molecule has 0 unspecified atom stereocenters. The molecular weight excluding hydrogens is 450 g/mol. The maximum atomic E-state index is 13.3. The van der Waals surface area contributed by atoms with Crippen LogP contribution in [0.1, 0.15) is 63.6 Å². The monoisotopic (exact) mass is 479 g/mol. The van der Waals surface area contributed by atoms with Gasteiger partial charge in [-0.05, 0) is 106 Å². The fraction of sp³-hybridized carbons (Fsp3) is 0.370. The number of halogens is 1. The number of barbiturate groups is 1. The van der Waals surface area contributed by atoms with Crippen molar-refractivity contribution in [3.8, 4) is 0 Å². The van der Waals surface area contributed by atoms with Gasteiger partial charge in [0.2, 0.25) is 0 Å². The van der Waals surface area contributed by atoms with Crippen LogP contribution in [0.3, 0.4) is 0 Å². The topological polar surface area (TPSA) is 69.7 Å². The summed E-state index contributed by atoms with van der Waals surface area (Å²) in [7, 11) is 0. The van der Waals surface area contributed by atoms with E-state index in [1.807, 2.05) is 6.92 Å². The summed E-state index contributed by atoms with van der Waals surface area (Å²) < 4.78 is 0. The Labute approximate surface area is 205 Å². The number of nitrogens with zero attached hydrogens (tertiary/aromatic N) is 2. The van der Waals surface area contributed by atoms with E-state index in [0.717, 1.165) is 22.4 Å². The fourth-order valence-corrected chi connectivity index (χ4v) is 5.51. The van der Waals surface area contributed by atoms with Gasteiger partial charge in [-0.25, -0.2) is 9.69 Å². The third-order valence-corrected chi connectivity index (χ3v) is 6.92. The molecule has 0 bridgehead atoms. The van der Waals surface area contributed by atoms with Gasteiger partial charge in [0.05, 0.1) is 5.69 Å². The highest BCUT2D eigenvalue weighted by molar-refractivity contribution is 6.39. The highest BCUT2D eigenvalue weighted by Gasteiger charge is 2.39. The average Bonchev–Trinajstić information content (AvgIpc) is 2.72. The van der Waals surface area contributed by atoms with Gasteiger partial charge < -0.3 is 4.90 Å². The van der Waals surface area contributed by atoms with Crippen LogP contribution in [0, 0.1) is 6.92 Å². The van der Waals surface area contributed by atoms with Crippen molar-refractivity contribution in [1.29, 1.82) is 0 Å². The number of fused-ring (bicyclic) bond motifs is 1. The van der Waals surface area contributed by atoms with Crippen LogP contribution in [-0.4, -0.2) is 29.4 Å². The Kier molecular flexibility index (Phi) is 6.06. The number of urea groups is 1. The molecule has 2 aliphatic heterocycles. The van der Waals surface area contributed by atoms with Crippen molar-refractivity contribution >= 4 is 46.9 Å². The molecule has 1 atom stereocenters. The zero-order valence-corrected chi connectivity index (χ0v) is 21.2. The lowest BCUT2D eigenvalue weighted by Gasteiger charge is -2.50. The van der Waals surface area contributed by atoms with Gasteiger partial charge in [-0.15, -0.1) is 0 Å². The first-order valence-corrected chi connectivity index (χ1v) is 11.9. The van der Waals surface area contributed by atoms with E-state index < -0.39 is 17.8 Å². The minimum Gasteiger partial charge on any atom is -0.364 e. The lowest BCUT2D eigenvalue weighted by atomic mass is 9.78. The summed E-state index contributed by atoms with van der Waals surface area (Å²) in [5.41, 5.74) is 4.41. The Morgan fingerprint density at radius 2 is 1.76 bits per heavy atom. The average molecular weight is 480 g/mol. The Morgan fingerprint density at radius 3 is 2.38 bits per heavy atom. The van der Waals surface area contributed by atoms with Gasteiger partial charge in [-0.1, -0.05) is 18.5 Å². The Balaban J connectivity index is 1.78. The second kappa shape index (κ2) is 8.58. The highest BCUT2D eigenvalue weighted by Crippen LogP contribution is 2.45. The Morgan fingerprint density at radius 1 is 1.12 bits per heavy atom. The number of hydrogen-bond donors (Lipinski definition) is 1. The minimum absolute atomic E-state index is 0.0195. The molecule has 1 fully saturated rings. The zero-order valence-electron chi connectivity index (χ0n) is 20.4. The molecule has 0 radical (unpaired) electrons. The van der Waals surface area contributed by atoms with Gasteiger partial charge in [-0.3, -0.25) is 14.9 Å². The number of benzene rings is 2. The molecule has 4 amide bonds. The zero-order chi connectivity index (χ0) is 24.9. The molecule has 178 valence electrons. The van der Waals surface area contributed by atoms with Gasteiger partial charge in [-0.2, -0.15) is 0 Å². The molecule has 2 aromatic rings. The van der Waals surface area contributed by atoms with Crippen LogP contribution < -0.4 is 15.1 Å². The first-order valence-electron chi connectivity index (χ1n) is 11.5. The summed E-state index contributed by atoms with van der Waals surface area (Å²) in [6.07, 6.45) is 2.59. The van der Waals surface area contributed by atoms with Crippen LogP contribution in [-0.2, 0) is 9.59 Å². The summed E-state index contributed by atoms with van der Waals surface area (Å²) >= 11 is 5.94. The predicted molar refractivity (Wildman–Crippen MR) is 136 cm³/mol. The first-order chi connectivity index (χ1) is 15.9. The molecule has 34 heavy (non-hydrogen) atoms. The van der Waals surface area contributed by atoms with Crippen LogP contribution in [0.15, 0.2) is 42.0 Å². The normalized spacial score (nSPS) is 21.2. The molecule has 2 heterocycles. The largest absolute Gasteiger partial charge is 0.364 e. The number of hydrogen-bond acceptors (Lipinski definition) is 4. The molecule has 2 aliphatic rings. The van der Waals surface area contributed by atoms with Crippen LogP contribution in [0.2, 0.25) is 5.02 Å². The Hall–Kier alpha value is -3.12. The second-order valence-electron chi connectivity index (χ2n) is 10.1. The van der Waals surface area contributed by atoms with Crippen LogP contribution in [0.4, 0.5) is 16.2 Å². The summed E-state index contributed by atoms with van der Waals surface area (Å²) in [5.74, 6) is -1.04. The van der Waals surface area contributed by atoms with Gasteiger partial charge in [0.1, 0.15) is 5.57 Å². The van der Waals surface area contributed by atoms with Gasteiger partial charge >= 0.3 is 6.03 Å². The van der Waals surface area contributed by atoms with Crippen LogP contribution >= 0.6 is 11.6 Å². The highest BCUT2D eigenvalue weighted by atomic mass is 35.5. The summed E-state index contributed by atoms with van der Waals surface area (Å²) in [6.45, 7) is 13.1. The molecule has 1 N–H and O–H groups in total. The third-order valence-electron chi connectivity index (χ3n) is 6.67. The van der Waals surface area contributed by atoms with Crippen molar-refractivity contribution < 1.29 is 14.4 Å². The van der Waals surface area contributed by atoms with Gasteiger partial charge in [0.15, 0.2) is 0 Å². The quantitative estimate of drug-likeness (QED) is 0.445. The summed E-state index contributed by atoms with van der Waals surface area (Å²) in [4.78, 5) is 41.8. The van der Waals surface area contributed by atoms with Crippen LogP contribution in [0.5, 0.6) is 0 Å². The predicted octanol–water partition coefficient (Wildman–Crippen LogP) is 5.82. The smallest absolute Gasteiger partial charge is 0.335 e. The van der Waals surface area contributed by atoms with Crippen molar-refractivity contribution in [3.63, 3.8) is 0 Å². The molecule has 0 aromatic heterocycles. The van der Waals surface area contributed by atoms with Crippen molar-refractivity contribution in [1.82, 2.24) is 5.32 Å². The number of nitrogens with one attached hydrogen (secondary N) is 1. The standard InChI is InChI=1S/C27H30ClN3O3/c1-15(2)31-23-11-16(3)18(12-21(23)17(4)14-27(31,5)6)13-22-24(32)29-26(34)30(25(22)33)20-9-7-19(28)8-10-20/h7-13,15,17H,14H2,1-6H3,(H,29,32,34)/b22-13+/t17-/m1/s1. The fourth-order valence-electron chi connectivity index (χ4n) is 5.38. The minimum atomic E-state index is -0.778. The molecule has 6 nitrogen and oxygen atoms in total. The van der Waals surface area contributed by atoms with E-state index in [-0.39, 0.29) is 11.1 Å². The molecule has 1 saturated heterocycles. The lowest BCUT2D eigenvalue weighted by Crippen LogP contribution is -2.54. The molecule has 0 aliphatic carbocycles. The molecule has 4 rings (SSSR count). The van der Waals surface area contributed by atoms with E-state index in [0.29, 0.717) is 22.7 Å². The number of rotatable bonds is 3. The van der Waals surface area contributed by atoms with E-state index in [1.165, 1.54) is 11.3 Å². The number of anilines is 2. The van der Waals surface area contributed by atoms with Crippen molar-refractivity contribution in [3.05, 3.63) is 63.7 Å². The van der Waals surface area contributed by atoms with E-state index in [4.69, 9.17) is 11.6 Å². The maximum absolute atomic E-state index is 13.3. The maximum Gasteiger partial charge on any atom is 0.335 e. The van der Waals surface area contributed by atoms with Crippen molar-refractivity contribution in [2.45, 2.75) is 65.5 Å². The van der Waals surface area contributed by atoms with Crippen molar-refractivity contribution in [2.75, 3.05) is 9.80 Å². The molecule has 0 spiro atoms. The number of carbonyl (C=O) groups excluding carboxylic acids is 3. The Bertz CT molecular complexity index is 1210. The van der Waals surface area contributed by atoms with Gasteiger partial charge in [0, 0.05) is 22.3 Å². The van der Waals surface area contributed by atoms with Crippen molar-refractivity contribution in [2.24, 2.45) is 0 Å². The van der Waals surface area contributed by atoms with Crippen LogP contribution in [0.25, 0.3) is 6.08 Å². The third kappa shape index (κ3) is 4.11.